The van der Waals surface area contributed by atoms with Gasteiger partial charge in [0.15, 0.2) is 25.0 Å². The van der Waals surface area contributed by atoms with Crippen LogP contribution in [-0.2, 0) is 97.2 Å². The molecule has 1 heterocycles. The average Bonchev–Trinajstić information content (AvgIpc) is 0.833. The number of carbonyl (C=O) groups excluding carboxylic acids is 5. The fourth-order valence-electron chi connectivity index (χ4n) is 10.1. The van der Waals surface area contributed by atoms with Gasteiger partial charge in [-0.15, -0.1) is 0 Å². The van der Waals surface area contributed by atoms with E-state index in [0.29, 0.717) is 70.3 Å². The summed E-state index contributed by atoms with van der Waals surface area (Å²) in [6.07, 6.45) is 2.90. The number of hydrogen-bond acceptors (Lipinski definition) is 17. The number of rotatable bonds is 31. The minimum Gasteiger partial charge on any atom is -0.748 e. The van der Waals surface area contributed by atoms with E-state index >= 15 is 0 Å². The third-order valence-electron chi connectivity index (χ3n) is 16.1. The molecule has 6 atom stereocenters. The van der Waals surface area contributed by atoms with E-state index in [1.807, 2.05) is 62.3 Å². The Morgan fingerprint density at radius 1 is 0.674 bits per heavy atom. The van der Waals surface area contributed by atoms with Crippen LogP contribution < -0.4 is 0 Å². The first-order valence-electron chi connectivity index (χ1n) is 31.2. The second kappa shape index (κ2) is 35.0. The van der Waals surface area contributed by atoms with E-state index in [0.717, 1.165) is 38.7 Å². The first-order valence-corrected chi connectivity index (χ1v) is 44.9. The molecule has 26 heteroatoms. The van der Waals surface area contributed by atoms with Crippen LogP contribution >= 0.6 is 0 Å². The van der Waals surface area contributed by atoms with Crippen molar-refractivity contribution in [3.8, 4) is 0 Å². The molecule has 0 aromatic heterocycles. The first kappa shape index (κ1) is 84.5. The Morgan fingerprint density at radius 3 is 1.51 bits per heavy atom. The summed E-state index contributed by atoms with van der Waals surface area (Å²) in [5, 5.41) is 0. The van der Waals surface area contributed by atoms with E-state index in [9.17, 15) is 50.1 Å². The van der Waals surface area contributed by atoms with Gasteiger partial charge in [-0.2, -0.15) is 13.2 Å². The molecule has 4 bridgehead atoms. The van der Waals surface area contributed by atoms with E-state index in [-0.39, 0.29) is 76.0 Å². The minimum absolute atomic E-state index is 0. The Labute approximate surface area is 536 Å². The van der Waals surface area contributed by atoms with Gasteiger partial charge < -0.3 is 45.3 Å². The number of hydrogen-bond donors (Lipinski definition) is 0. The molecule has 0 N–H and O–H groups in total. The second-order valence-corrected chi connectivity index (χ2v) is 47.6. The van der Waals surface area contributed by atoms with Gasteiger partial charge in [0.05, 0.1) is 63.3 Å². The van der Waals surface area contributed by atoms with Crippen LogP contribution in [0.2, 0.25) is 65.0 Å². The van der Waals surface area contributed by atoms with Gasteiger partial charge >= 0.3 is 67.2 Å². The molecule has 86 heavy (non-hydrogen) atoms. The summed E-state index contributed by atoms with van der Waals surface area (Å²) in [5.41, 5.74) is -3.75. The topological polar surface area (TPSA) is 229 Å². The van der Waals surface area contributed by atoms with Crippen molar-refractivity contribution in [1.29, 1.82) is 0 Å². The summed E-state index contributed by atoms with van der Waals surface area (Å²) in [6.45, 7) is 47.0. The van der Waals surface area contributed by atoms with Crippen molar-refractivity contribution in [3.63, 3.8) is 0 Å². The predicted molar refractivity (Wildman–Crippen MR) is 333 cm³/mol. The monoisotopic (exact) mass is 1410 g/mol. The van der Waals surface area contributed by atoms with Gasteiger partial charge in [0.25, 0.3) is 0 Å². The van der Waals surface area contributed by atoms with Gasteiger partial charge in [-0.05, 0) is 189 Å². The molecule has 4 saturated carbocycles. The number of epoxide rings is 1. The van der Waals surface area contributed by atoms with Crippen molar-refractivity contribution >= 4 is 73.7 Å². The van der Waals surface area contributed by atoms with Gasteiger partial charge in [0.1, 0.15) is 18.3 Å². The molecule has 5 fully saturated rings. The molecule has 6 unspecified atom stereocenters. The largest absolute Gasteiger partial charge is 1.00 e. The maximum atomic E-state index is 13.3. The van der Waals surface area contributed by atoms with E-state index in [1.165, 1.54) is 19.3 Å². The van der Waals surface area contributed by atoms with Crippen molar-refractivity contribution in [3.05, 3.63) is 0 Å². The zero-order chi connectivity index (χ0) is 66.1. The van der Waals surface area contributed by atoms with Crippen molar-refractivity contribution in [2.75, 3.05) is 32.2 Å². The normalized spacial score (nSPS) is 22.3. The number of unbranched alkanes of at least 4 members (excludes halogenated alkanes) is 1. The van der Waals surface area contributed by atoms with Crippen LogP contribution in [0.3, 0.4) is 0 Å². The van der Waals surface area contributed by atoms with Gasteiger partial charge in [0, 0.05) is 12.5 Å². The van der Waals surface area contributed by atoms with Crippen LogP contribution in [0.1, 0.15) is 186 Å². The van der Waals surface area contributed by atoms with Crippen molar-refractivity contribution in [2.24, 2.45) is 45.3 Å². The molecule has 0 spiro atoms. The molecule has 0 radical (unpaired) electrons. The Bertz CT molecular complexity index is 2180. The number of alkyl halides is 3. The Hall–Kier alpha value is -1.50. The molecule has 0 aromatic carbocycles. The van der Waals surface area contributed by atoms with E-state index < -0.39 is 95.7 Å². The summed E-state index contributed by atoms with van der Waals surface area (Å²) in [4.78, 5) is 60.7. The summed E-state index contributed by atoms with van der Waals surface area (Å²) in [7, 11) is -13.7. The fourth-order valence-corrected chi connectivity index (χ4v) is 25.4. The third kappa shape index (κ3) is 31.2. The van der Waals surface area contributed by atoms with Gasteiger partial charge in [-0.1, -0.05) is 67.7 Å². The number of halogens is 3. The van der Waals surface area contributed by atoms with Gasteiger partial charge in [0.2, 0.25) is 6.10 Å². The van der Waals surface area contributed by atoms with Crippen LogP contribution in [0.15, 0.2) is 0 Å². The van der Waals surface area contributed by atoms with Crippen LogP contribution in [0.5, 0.6) is 0 Å². The zero-order valence-corrected chi connectivity index (χ0v) is 62.9. The Kier molecular flexibility index (Phi) is 34.3. The molecule has 4 aliphatic carbocycles. The van der Waals surface area contributed by atoms with E-state index in [1.54, 1.807) is 13.8 Å². The summed E-state index contributed by atoms with van der Waals surface area (Å²) >= 11 is 0. The molecule has 17 nitrogen and oxygen atoms in total. The van der Waals surface area contributed by atoms with E-state index in [4.69, 9.17) is 36.0 Å². The molecule has 510 valence electrons. The van der Waals surface area contributed by atoms with Crippen molar-refractivity contribution in [2.45, 2.75) is 275 Å². The molecule has 1 aliphatic heterocycles. The number of carbonyl (C=O) groups is 5. The summed E-state index contributed by atoms with van der Waals surface area (Å²) in [5.74, 6) is -3.14. The van der Waals surface area contributed by atoms with Gasteiger partial charge in [-0.25, -0.2) is 8.42 Å². The average molecular weight is 1420 g/mol. The molecule has 1 saturated heterocycles. The quantitative estimate of drug-likeness (QED) is 0.0157. The van der Waals surface area contributed by atoms with E-state index in [2.05, 4.69) is 77.5 Å². The van der Waals surface area contributed by atoms with Crippen LogP contribution in [0.25, 0.3) is 0 Å². The van der Waals surface area contributed by atoms with Crippen LogP contribution in [0.4, 0.5) is 13.2 Å². The predicted octanol–water partition coefficient (Wildman–Crippen LogP) is 14.3. The maximum absolute atomic E-state index is 13.3. The third-order valence-corrected chi connectivity index (χ3v) is 28.9. The first-order chi connectivity index (χ1) is 38.5. The maximum Gasteiger partial charge on any atom is 1.00 e. The second-order valence-electron chi connectivity index (χ2n) is 29.2. The fraction of sp³-hybridized carbons (Fsp3) is 0.917. The molecular weight excluding hydrogens is 1300 g/mol. The van der Waals surface area contributed by atoms with Crippen LogP contribution in [0, 0.1) is 45.3 Å². The Balaban J connectivity index is 0.00000119. The number of esters is 5. The smallest absolute Gasteiger partial charge is 0.748 e. The van der Waals surface area contributed by atoms with Gasteiger partial charge in [-0.3, -0.25) is 24.0 Å². The Morgan fingerprint density at radius 2 is 1.13 bits per heavy atom. The minimum atomic E-state index is -5.27. The molecule has 0 aromatic rings. The summed E-state index contributed by atoms with van der Waals surface area (Å²) < 4.78 is 124. The molecule has 5 aliphatic rings. The SMILES string of the molecule is CCC(C)(C)C(=O)OC12CC3CC(C1)CC(C(=O)OC(CS(=O)(=O)[O-])C(F)(F)F)(C3)C2.CCC(C)(C)C(=O)OCC1CO1.CCC(C)(C)C(=O)OCCC[Si](O[Si](C)(C)C)(O[Si](C)(C)C)O[Si](C)(C)C.CCCCC(CC)COC(=O)C(C)CC.[Ag+]. The van der Waals surface area contributed by atoms with Crippen LogP contribution in [-0.4, -0.2) is 133 Å². The standard InChI is InChI=1S/C20H29F3O7S.C18H44O5Si4.C13H26O2.C9H16O3.Ag/c1-4-17(2,3)15(24)30-19-8-12-5-13(9-19)7-18(6-12,11-19)16(25)29-14(20(21,22)23)10-31(26,27)28;1-13-18(2,3)17(19)20-15-14-16-27(21-24(4,5)6,22-25(7,8)9)23-26(10,11)12;1-5-8-9-12(7-3)10-15-13(14)11(4)6-2;1-4-9(2,3)8(10)12-6-7-5-11-7;/h12-14H,4-11H2,1-3H3,(H,26,27,28);13-16H2,1-12H3;11-12H,5-10H2,1-4H3;7H,4-6H2,1-3H3;/q;;;;+1/p-1. The molecule has 0 amide bonds. The van der Waals surface area contributed by atoms with Crippen molar-refractivity contribution < 1.29 is 113 Å². The van der Waals surface area contributed by atoms with Crippen molar-refractivity contribution in [1.82, 2.24) is 0 Å². The summed E-state index contributed by atoms with van der Waals surface area (Å²) in [6, 6.07) is 0.700. The number of ether oxygens (including phenoxy) is 6. The molecular formula is C60H114AgF3O17SSi4. The molecule has 5 rings (SSSR count). The zero-order valence-electron chi connectivity index (χ0n) is 56.6.